The van der Waals surface area contributed by atoms with Crippen LogP contribution in [0.5, 0.6) is 0 Å². The maximum atomic E-state index is 12.9. The van der Waals surface area contributed by atoms with Crippen LogP contribution >= 0.6 is 24.8 Å². The van der Waals surface area contributed by atoms with E-state index in [-0.39, 0.29) is 36.8 Å². The highest BCUT2D eigenvalue weighted by molar-refractivity contribution is 6.06. The highest BCUT2D eigenvalue weighted by Gasteiger charge is 2.18. The van der Waals surface area contributed by atoms with Crippen molar-refractivity contribution in [2.24, 2.45) is 0 Å². The van der Waals surface area contributed by atoms with Gasteiger partial charge in [-0.3, -0.25) is 4.79 Å². The summed E-state index contributed by atoms with van der Waals surface area (Å²) in [5.41, 5.74) is 4.30. The largest absolute Gasteiger partial charge is 0.351 e. The normalized spacial score (nSPS) is 10.6. The Bertz CT molecular complexity index is 971. The number of carbonyl (C=O) groups excluding carboxylic acids is 1. The van der Waals surface area contributed by atoms with Crippen molar-refractivity contribution in [3.63, 3.8) is 0 Å². The third kappa shape index (κ3) is 5.72. The van der Waals surface area contributed by atoms with Crippen LogP contribution in [0.25, 0.3) is 22.3 Å². The zero-order chi connectivity index (χ0) is 20.1. The fourth-order valence-electron chi connectivity index (χ4n) is 3.24. The van der Waals surface area contributed by atoms with E-state index in [0.717, 1.165) is 47.4 Å². The Hall–Kier alpha value is -2.15. The fourth-order valence-corrected chi connectivity index (χ4v) is 3.24. The van der Waals surface area contributed by atoms with E-state index in [4.69, 9.17) is 4.98 Å². The molecule has 1 amide bonds. The number of pyridine rings is 1. The molecule has 0 saturated heterocycles. The minimum absolute atomic E-state index is 0. The van der Waals surface area contributed by atoms with Crippen molar-refractivity contribution in [1.82, 2.24) is 25.4 Å². The number of aromatic nitrogens is 3. The standard InChI is InChI=1S/C22H29N5O.2ClH/c1-5-10-23-11-12-24-22(28)18-13-20(17-9-7-6-8-16(17)4)26-21-19(18)14-25-27(21)15(2)3;;/h6-9,13-15,23H,5,10-12H2,1-4H3,(H,24,28);2*1H. The summed E-state index contributed by atoms with van der Waals surface area (Å²) < 4.78 is 1.87. The van der Waals surface area contributed by atoms with Crippen LogP contribution in [-0.4, -0.2) is 40.3 Å². The number of halogens is 2. The van der Waals surface area contributed by atoms with Gasteiger partial charge in [0, 0.05) is 24.7 Å². The van der Waals surface area contributed by atoms with Gasteiger partial charge in [0.1, 0.15) is 0 Å². The Morgan fingerprint density at radius 1 is 1.13 bits per heavy atom. The van der Waals surface area contributed by atoms with E-state index in [9.17, 15) is 4.79 Å². The highest BCUT2D eigenvalue weighted by Crippen LogP contribution is 2.28. The molecule has 0 aliphatic carbocycles. The lowest BCUT2D eigenvalue weighted by Crippen LogP contribution is -2.32. The second kappa shape index (κ2) is 11.9. The summed E-state index contributed by atoms with van der Waals surface area (Å²) in [4.78, 5) is 17.8. The first-order chi connectivity index (χ1) is 13.5. The van der Waals surface area contributed by atoms with Crippen molar-refractivity contribution in [2.75, 3.05) is 19.6 Å². The van der Waals surface area contributed by atoms with Crippen molar-refractivity contribution in [2.45, 2.75) is 40.2 Å². The minimum Gasteiger partial charge on any atom is -0.351 e. The van der Waals surface area contributed by atoms with Crippen molar-refractivity contribution in [1.29, 1.82) is 0 Å². The van der Waals surface area contributed by atoms with Crippen LogP contribution in [0.15, 0.2) is 36.5 Å². The fraction of sp³-hybridized carbons (Fsp3) is 0.409. The number of benzene rings is 1. The number of carbonyl (C=O) groups is 1. The van der Waals surface area contributed by atoms with Crippen LogP contribution < -0.4 is 10.6 Å². The molecular weight excluding hydrogens is 421 g/mol. The monoisotopic (exact) mass is 451 g/mol. The summed E-state index contributed by atoms with van der Waals surface area (Å²) >= 11 is 0. The molecule has 6 nitrogen and oxygen atoms in total. The Morgan fingerprint density at radius 3 is 2.53 bits per heavy atom. The third-order valence-corrected chi connectivity index (χ3v) is 4.74. The summed E-state index contributed by atoms with van der Waals surface area (Å²) in [6, 6.07) is 10.1. The molecule has 0 unspecified atom stereocenters. The number of rotatable bonds is 8. The third-order valence-electron chi connectivity index (χ3n) is 4.74. The van der Waals surface area contributed by atoms with Gasteiger partial charge in [-0.1, -0.05) is 31.2 Å². The topological polar surface area (TPSA) is 71.8 Å². The Balaban J connectivity index is 0.00000225. The quantitative estimate of drug-likeness (QED) is 0.492. The first kappa shape index (κ1) is 25.9. The molecule has 0 atom stereocenters. The predicted molar refractivity (Wildman–Crippen MR) is 128 cm³/mol. The first-order valence-electron chi connectivity index (χ1n) is 9.96. The number of nitrogens with zero attached hydrogens (tertiary/aromatic N) is 3. The van der Waals surface area contributed by atoms with Gasteiger partial charge in [-0.25, -0.2) is 9.67 Å². The number of fused-ring (bicyclic) bond motifs is 1. The molecule has 3 aromatic rings. The van der Waals surface area contributed by atoms with E-state index in [0.29, 0.717) is 12.1 Å². The van der Waals surface area contributed by atoms with E-state index in [1.54, 1.807) is 6.20 Å². The van der Waals surface area contributed by atoms with E-state index < -0.39 is 0 Å². The SMILES string of the molecule is CCCNCCNC(=O)c1cc(-c2ccccc2C)nc2c1cnn2C(C)C.Cl.Cl. The summed E-state index contributed by atoms with van der Waals surface area (Å²) in [6.07, 6.45) is 2.82. The molecule has 30 heavy (non-hydrogen) atoms. The molecule has 3 rings (SSSR count). The number of aryl methyl sites for hydroxylation is 1. The zero-order valence-electron chi connectivity index (χ0n) is 17.9. The smallest absolute Gasteiger partial charge is 0.252 e. The maximum absolute atomic E-state index is 12.9. The molecule has 2 heterocycles. The Kier molecular flexibility index (Phi) is 10.3. The molecule has 0 saturated carbocycles. The van der Waals surface area contributed by atoms with Crippen molar-refractivity contribution >= 4 is 41.8 Å². The molecule has 2 aromatic heterocycles. The van der Waals surface area contributed by atoms with Gasteiger partial charge in [-0.15, -0.1) is 24.8 Å². The van der Waals surface area contributed by atoms with Crippen LogP contribution in [0.2, 0.25) is 0 Å². The second-order valence-corrected chi connectivity index (χ2v) is 7.30. The number of hydrogen-bond donors (Lipinski definition) is 2. The molecule has 8 heteroatoms. The summed E-state index contributed by atoms with van der Waals surface area (Å²) in [5.74, 6) is -0.0937. The van der Waals surface area contributed by atoms with Crippen molar-refractivity contribution in [3.8, 4) is 11.3 Å². The summed E-state index contributed by atoms with van der Waals surface area (Å²) in [7, 11) is 0. The summed E-state index contributed by atoms with van der Waals surface area (Å²) in [5, 5.41) is 11.6. The minimum atomic E-state index is -0.0937. The van der Waals surface area contributed by atoms with Crippen LogP contribution in [0.1, 0.15) is 49.2 Å². The molecule has 0 radical (unpaired) electrons. The first-order valence-corrected chi connectivity index (χ1v) is 9.96. The number of nitrogens with one attached hydrogen (secondary N) is 2. The number of hydrogen-bond acceptors (Lipinski definition) is 4. The molecule has 0 fully saturated rings. The van der Waals surface area contributed by atoms with Crippen molar-refractivity contribution < 1.29 is 4.79 Å². The highest BCUT2D eigenvalue weighted by atomic mass is 35.5. The van der Waals surface area contributed by atoms with E-state index in [1.165, 1.54) is 0 Å². The number of amides is 1. The molecule has 1 aromatic carbocycles. The zero-order valence-corrected chi connectivity index (χ0v) is 19.6. The van der Waals surface area contributed by atoms with Crippen LogP contribution in [0.3, 0.4) is 0 Å². The van der Waals surface area contributed by atoms with Crippen LogP contribution in [-0.2, 0) is 0 Å². The van der Waals surface area contributed by atoms with Crippen molar-refractivity contribution in [3.05, 3.63) is 47.7 Å². The van der Waals surface area contributed by atoms with Gasteiger partial charge >= 0.3 is 0 Å². The molecular formula is C22H31Cl2N5O. The summed E-state index contributed by atoms with van der Waals surface area (Å²) in [6.45, 7) is 10.6. The van der Waals surface area contributed by atoms with Crippen LogP contribution in [0, 0.1) is 6.92 Å². The Morgan fingerprint density at radius 2 is 1.87 bits per heavy atom. The van der Waals surface area contributed by atoms with Gasteiger partial charge in [0.2, 0.25) is 0 Å². The molecule has 164 valence electrons. The van der Waals surface area contributed by atoms with Gasteiger partial charge in [0.05, 0.1) is 22.8 Å². The molecule has 2 N–H and O–H groups in total. The molecule has 0 bridgehead atoms. The average molecular weight is 452 g/mol. The van der Waals surface area contributed by atoms with Gasteiger partial charge < -0.3 is 10.6 Å². The van der Waals surface area contributed by atoms with Gasteiger partial charge in [0.25, 0.3) is 5.91 Å². The lowest BCUT2D eigenvalue weighted by atomic mass is 10.0. The Labute approximate surface area is 190 Å². The van der Waals surface area contributed by atoms with E-state index >= 15 is 0 Å². The molecule has 0 spiro atoms. The second-order valence-electron chi connectivity index (χ2n) is 7.30. The van der Waals surface area contributed by atoms with E-state index in [1.807, 2.05) is 28.9 Å². The predicted octanol–water partition coefficient (Wildman–Crippen LogP) is 4.56. The molecule has 0 aliphatic rings. The lowest BCUT2D eigenvalue weighted by Gasteiger charge is -2.12. The van der Waals surface area contributed by atoms with E-state index in [2.05, 4.69) is 49.5 Å². The molecule has 0 aliphatic heterocycles. The maximum Gasteiger partial charge on any atom is 0.252 e. The average Bonchev–Trinajstić information content (AvgIpc) is 3.11. The van der Waals surface area contributed by atoms with Gasteiger partial charge in [0.15, 0.2) is 5.65 Å². The van der Waals surface area contributed by atoms with Gasteiger partial charge in [-0.05, 0) is 45.4 Å². The van der Waals surface area contributed by atoms with Gasteiger partial charge in [-0.2, -0.15) is 5.10 Å². The lowest BCUT2D eigenvalue weighted by molar-refractivity contribution is 0.0955. The van der Waals surface area contributed by atoms with Crippen LogP contribution in [0.4, 0.5) is 0 Å².